The van der Waals surface area contributed by atoms with Gasteiger partial charge in [-0.1, -0.05) is 30.2 Å². The van der Waals surface area contributed by atoms with Gasteiger partial charge in [-0.05, 0) is 75.4 Å². The number of Topliss-reactive ketones (excluding diaryl/α,β-unsaturated/α-hetero) is 1. The summed E-state index contributed by atoms with van der Waals surface area (Å²) in [6, 6.07) is 0. The first-order valence-corrected chi connectivity index (χ1v) is 10.4. The third-order valence-electron chi connectivity index (χ3n) is 7.62. The van der Waals surface area contributed by atoms with E-state index >= 15 is 0 Å². The molecule has 4 nitrogen and oxygen atoms in total. The van der Waals surface area contributed by atoms with Gasteiger partial charge in [0.05, 0.1) is 0 Å². The molecule has 4 aliphatic carbocycles. The van der Waals surface area contributed by atoms with E-state index in [2.05, 4.69) is 26.0 Å². The fraction of sp³-hybridized carbons (Fsp3) is 0.625. The molecular formula is C24H32O4. The van der Waals surface area contributed by atoms with Gasteiger partial charge in [0.2, 0.25) is 0 Å². The Bertz CT molecular complexity index is 759. The fourth-order valence-corrected chi connectivity index (χ4v) is 6.29. The smallest absolute Gasteiger partial charge is 0.178 e. The molecule has 0 radical (unpaired) electrons. The largest absolute Gasteiger partial charge is 0.377 e. The summed E-state index contributed by atoms with van der Waals surface area (Å²) in [5, 5.41) is 0. The molecule has 4 heteroatoms. The third-order valence-corrected chi connectivity index (χ3v) is 7.62. The van der Waals surface area contributed by atoms with Crippen molar-refractivity contribution in [3.8, 4) is 0 Å². The molecule has 152 valence electrons. The topological polar surface area (TPSA) is 60.4 Å². The van der Waals surface area contributed by atoms with E-state index in [1.165, 1.54) is 18.1 Å². The zero-order chi connectivity index (χ0) is 20.5. The predicted octanol–water partition coefficient (Wildman–Crippen LogP) is 4.25. The van der Waals surface area contributed by atoms with Crippen LogP contribution in [-0.2, 0) is 19.1 Å². The van der Waals surface area contributed by atoms with Gasteiger partial charge in [0, 0.05) is 18.4 Å². The second kappa shape index (κ2) is 7.90. The number of aldehydes is 1. The third kappa shape index (κ3) is 3.26. The number of methoxy groups -OCH3 is 1. The Labute approximate surface area is 168 Å². The van der Waals surface area contributed by atoms with Crippen molar-refractivity contribution in [2.75, 3.05) is 13.7 Å². The van der Waals surface area contributed by atoms with E-state index in [0.717, 1.165) is 38.4 Å². The minimum Gasteiger partial charge on any atom is -0.377 e. The van der Waals surface area contributed by atoms with Crippen molar-refractivity contribution in [1.82, 2.24) is 0 Å². The standard InChI is InChI=1S/C22H28O3.C2H4O/c1-21-10-8-15(23)12-14(21)4-5-16-17-6-7-19(20(24)13-25-3)22(17,2)11-9-18(16)21;1-2-3/h8-10,12,16-17,19H,4-7,11,13H2,1-3H3;2H,1H3. The minimum atomic E-state index is -0.0905. The zero-order valence-corrected chi connectivity index (χ0v) is 17.5. The number of hydrogen-bond donors (Lipinski definition) is 0. The number of fused-ring (bicyclic) bond motifs is 5. The molecule has 0 N–H and O–H groups in total. The van der Waals surface area contributed by atoms with Crippen LogP contribution in [0.15, 0.2) is 35.5 Å². The molecule has 0 bridgehead atoms. The first-order chi connectivity index (χ1) is 13.3. The van der Waals surface area contributed by atoms with Crippen LogP contribution in [0.5, 0.6) is 0 Å². The summed E-state index contributed by atoms with van der Waals surface area (Å²) in [7, 11) is 1.61. The first kappa shape index (κ1) is 20.9. The maximum absolute atomic E-state index is 12.6. The molecule has 0 aromatic heterocycles. The summed E-state index contributed by atoms with van der Waals surface area (Å²) in [5.41, 5.74) is 2.75. The summed E-state index contributed by atoms with van der Waals surface area (Å²) in [5.74, 6) is 1.64. The molecule has 0 spiro atoms. The lowest BCUT2D eigenvalue weighted by molar-refractivity contribution is -0.130. The number of rotatable bonds is 3. The van der Waals surface area contributed by atoms with Crippen molar-refractivity contribution in [3.05, 3.63) is 35.5 Å². The van der Waals surface area contributed by atoms with Crippen molar-refractivity contribution in [1.29, 1.82) is 0 Å². The van der Waals surface area contributed by atoms with Crippen LogP contribution in [-0.4, -0.2) is 31.6 Å². The average molecular weight is 385 g/mol. The van der Waals surface area contributed by atoms with Gasteiger partial charge in [-0.3, -0.25) is 9.59 Å². The first-order valence-electron chi connectivity index (χ1n) is 10.4. The van der Waals surface area contributed by atoms with Crippen molar-refractivity contribution < 1.29 is 19.1 Å². The van der Waals surface area contributed by atoms with Gasteiger partial charge < -0.3 is 9.53 Å². The second-order valence-corrected chi connectivity index (χ2v) is 8.99. The molecule has 0 heterocycles. The summed E-state index contributed by atoms with van der Waals surface area (Å²) in [6.07, 6.45) is 14.1. The second-order valence-electron chi connectivity index (χ2n) is 8.99. The summed E-state index contributed by atoms with van der Waals surface area (Å²) in [6.45, 7) is 6.28. The molecular weight excluding hydrogens is 352 g/mol. The van der Waals surface area contributed by atoms with Gasteiger partial charge in [0.1, 0.15) is 12.9 Å². The Morgan fingerprint density at radius 1 is 1.29 bits per heavy atom. The Balaban J connectivity index is 0.000000706. The Kier molecular flexibility index (Phi) is 5.90. The fourth-order valence-electron chi connectivity index (χ4n) is 6.29. The van der Waals surface area contributed by atoms with Gasteiger partial charge >= 0.3 is 0 Å². The maximum Gasteiger partial charge on any atom is 0.178 e. The molecule has 5 unspecified atom stereocenters. The van der Waals surface area contributed by atoms with E-state index in [0.29, 0.717) is 11.8 Å². The van der Waals surface area contributed by atoms with E-state index in [4.69, 9.17) is 9.53 Å². The molecule has 4 aliphatic rings. The van der Waals surface area contributed by atoms with E-state index in [1.807, 2.05) is 6.08 Å². The summed E-state index contributed by atoms with van der Waals surface area (Å²) in [4.78, 5) is 33.2. The summed E-state index contributed by atoms with van der Waals surface area (Å²) >= 11 is 0. The number of carbonyl (C=O) groups is 3. The Morgan fingerprint density at radius 3 is 2.68 bits per heavy atom. The van der Waals surface area contributed by atoms with E-state index < -0.39 is 0 Å². The van der Waals surface area contributed by atoms with Crippen molar-refractivity contribution in [3.63, 3.8) is 0 Å². The lowest BCUT2D eigenvalue weighted by Gasteiger charge is -2.52. The molecule has 28 heavy (non-hydrogen) atoms. The van der Waals surface area contributed by atoms with Crippen LogP contribution in [0, 0.1) is 28.6 Å². The van der Waals surface area contributed by atoms with Crippen LogP contribution >= 0.6 is 0 Å². The number of allylic oxidation sites excluding steroid dienone is 6. The normalized spacial score (nSPS) is 38.1. The van der Waals surface area contributed by atoms with E-state index in [1.54, 1.807) is 13.2 Å². The van der Waals surface area contributed by atoms with Crippen LogP contribution in [0.2, 0.25) is 0 Å². The SMILES string of the molecule is CC=O.COCC(=O)C1CCC2C3CCC4=CC(=O)C=CC4(C)C3=CCC12C. The highest BCUT2D eigenvalue weighted by molar-refractivity contribution is 6.01. The lowest BCUT2D eigenvalue weighted by Crippen LogP contribution is -2.45. The monoisotopic (exact) mass is 384 g/mol. The molecule has 2 saturated carbocycles. The van der Waals surface area contributed by atoms with Crippen molar-refractivity contribution >= 4 is 17.9 Å². The van der Waals surface area contributed by atoms with Crippen LogP contribution in [0.1, 0.15) is 52.9 Å². The van der Waals surface area contributed by atoms with Gasteiger partial charge in [0.15, 0.2) is 11.6 Å². The van der Waals surface area contributed by atoms with Gasteiger partial charge in [-0.15, -0.1) is 0 Å². The molecule has 2 fully saturated rings. The molecule has 4 rings (SSSR count). The molecule has 0 amide bonds. The number of ketones is 2. The molecule has 5 atom stereocenters. The van der Waals surface area contributed by atoms with Crippen LogP contribution in [0.3, 0.4) is 0 Å². The highest BCUT2D eigenvalue weighted by Gasteiger charge is 2.56. The molecule has 0 aromatic carbocycles. The number of hydrogen-bond acceptors (Lipinski definition) is 4. The molecule has 0 aliphatic heterocycles. The summed E-state index contributed by atoms with van der Waals surface area (Å²) < 4.78 is 5.13. The number of carbonyl (C=O) groups excluding carboxylic acids is 3. The van der Waals surface area contributed by atoms with Crippen LogP contribution in [0.4, 0.5) is 0 Å². The highest BCUT2D eigenvalue weighted by Crippen LogP contribution is 2.63. The predicted molar refractivity (Wildman–Crippen MR) is 109 cm³/mol. The highest BCUT2D eigenvalue weighted by atomic mass is 16.5. The Hall–Kier alpha value is -1.81. The van der Waals surface area contributed by atoms with E-state index in [-0.39, 0.29) is 34.9 Å². The zero-order valence-electron chi connectivity index (χ0n) is 17.5. The maximum atomic E-state index is 12.6. The minimum absolute atomic E-state index is 0.0650. The van der Waals surface area contributed by atoms with Gasteiger partial charge in [-0.25, -0.2) is 0 Å². The van der Waals surface area contributed by atoms with Gasteiger partial charge in [0.25, 0.3) is 0 Å². The lowest BCUT2D eigenvalue weighted by atomic mass is 9.52. The van der Waals surface area contributed by atoms with Crippen LogP contribution < -0.4 is 0 Å². The number of ether oxygens (including phenoxy) is 1. The van der Waals surface area contributed by atoms with Crippen molar-refractivity contribution in [2.45, 2.75) is 52.9 Å². The van der Waals surface area contributed by atoms with Crippen LogP contribution in [0.25, 0.3) is 0 Å². The van der Waals surface area contributed by atoms with Crippen molar-refractivity contribution in [2.24, 2.45) is 28.6 Å². The average Bonchev–Trinajstić information content (AvgIpc) is 3.00. The Morgan fingerprint density at radius 2 is 2.00 bits per heavy atom. The quantitative estimate of drug-likeness (QED) is 0.539. The van der Waals surface area contributed by atoms with E-state index in [9.17, 15) is 9.59 Å². The van der Waals surface area contributed by atoms with Gasteiger partial charge in [-0.2, -0.15) is 0 Å². The molecule has 0 saturated heterocycles. The molecule has 0 aromatic rings.